The second-order valence-electron chi connectivity index (χ2n) is 2.00. The molecule has 8 heavy (non-hydrogen) atoms. The van der Waals surface area contributed by atoms with Crippen molar-refractivity contribution in [2.75, 3.05) is 0 Å². The van der Waals surface area contributed by atoms with Crippen LogP contribution in [0.4, 0.5) is 0 Å². The van der Waals surface area contributed by atoms with Gasteiger partial charge in [-0.1, -0.05) is 31.9 Å². The van der Waals surface area contributed by atoms with Gasteiger partial charge >= 0.3 is 0 Å². The van der Waals surface area contributed by atoms with E-state index >= 15 is 0 Å². The van der Waals surface area contributed by atoms with Crippen molar-refractivity contribution in [3.63, 3.8) is 0 Å². The molecule has 0 heteroatoms. The van der Waals surface area contributed by atoms with E-state index in [1.165, 1.54) is 18.4 Å². The van der Waals surface area contributed by atoms with Crippen molar-refractivity contribution < 1.29 is 0 Å². The molecule has 0 N–H and O–H groups in total. The van der Waals surface area contributed by atoms with E-state index in [4.69, 9.17) is 0 Å². The van der Waals surface area contributed by atoms with Gasteiger partial charge in [-0.25, -0.2) is 0 Å². The molecule has 0 aliphatic rings. The van der Waals surface area contributed by atoms with E-state index in [2.05, 4.69) is 26.8 Å². The van der Waals surface area contributed by atoms with Gasteiger partial charge in [-0.2, -0.15) is 0 Å². The van der Waals surface area contributed by atoms with Crippen molar-refractivity contribution in [2.24, 2.45) is 0 Å². The topological polar surface area (TPSA) is 0 Å². The maximum atomic E-state index is 3.86. The fourth-order valence-electron chi connectivity index (χ4n) is 0.493. The van der Waals surface area contributed by atoms with E-state index in [0.717, 1.165) is 6.42 Å². The Labute approximate surface area is 52.6 Å². The molecule has 0 aromatic carbocycles. The van der Waals surface area contributed by atoms with Crippen LogP contribution in [-0.2, 0) is 0 Å². The fraction of sp³-hybridized carbons (Fsp3) is 0.625. The highest BCUT2D eigenvalue weighted by molar-refractivity contribution is 5.03. The molecule has 0 aromatic rings. The lowest BCUT2D eigenvalue weighted by Gasteiger charge is -1.90. The Morgan fingerprint density at radius 2 is 2.12 bits per heavy atom. The second kappa shape index (κ2) is 4.89. The molecule has 0 aliphatic heterocycles. The third-order valence-electron chi connectivity index (χ3n) is 1.18. The van der Waals surface area contributed by atoms with Crippen molar-refractivity contribution in [1.82, 2.24) is 0 Å². The lowest BCUT2D eigenvalue weighted by atomic mass is 10.2. The molecule has 0 atom stereocenters. The number of hydrogen-bond donors (Lipinski definition) is 0. The van der Waals surface area contributed by atoms with Crippen LogP contribution in [0.2, 0.25) is 0 Å². The Hall–Kier alpha value is -0.260. The van der Waals surface area contributed by atoms with E-state index in [1.807, 2.05) is 0 Å². The van der Waals surface area contributed by atoms with Crippen molar-refractivity contribution in [2.45, 2.75) is 33.1 Å². The molecule has 0 amide bonds. The highest BCUT2D eigenvalue weighted by Crippen LogP contribution is 2.00. The normalized spacial score (nSPS) is 12.1. The summed E-state index contributed by atoms with van der Waals surface area (Å²) in [5, 5.41) is 0. The molecule has 0 bridgehead atoms. The van der Waals surface area contributed by atoms with E-state index in [1.54, 1.807) is 0 Å². The van der Waals surface area contributed by atoms with Crippen LogP contribution in [0.3, 0.4) is 0 Å². The lowest BCUT2D eigenvalue weighted by Crippen LogP contribution is -1.70. The average molecular weight is 111 g/mol. The number of unbranched alkanes of at least 4 members (excludes halogenated alkanes) is 1. The molecule has 0 saturated heterocycles. The lowest BCUT2D eigenvalue weighted by molar-refractivity contribution is 0.942. The molecule has 0 spiro atoms. The zero-order chi connectivity index (χ0) is 6.41. The molecule has 1 radical (unpaired) electrons. The summed E-state index contributed by atoms with van der Waals surface area (Å²) in [6, 6.07) is 0. The zero-order valence-electron chi connectivity index (χ0n) is 5.91. The summed E-state index contributed by atoms with van der Waals surface area (Å²) in [5.74, 6) is 0. The highest BCUT2D eigenvalue weighted by Gasteiger charge is 1.79. The SMILES string of the molecule is [CH2]/C(=C\CCC)CC. The van der Waals surface area contributed by atoms with Gasteiger partial charge in [0.15, 0.2) is 0 Å². The van der Waals surface area contributed by atoms with E-state index in [9.17, 15) is 0 Å². The first-order valence-electron chi connectivity index (χ1n) is 3.32. The Bertz CT molecular complexity index is 70.1. The molecule has 0 fully saturated rings. The van der Waals surface area contributed by atoms with Crippen molar-refractivity contribution in [3.8, 4) is 0 Å². The molecular weight excluding hydrogens is 96.1 g/mol. The Morgan fingerprint density at radius 3 is 2.50 bits per heavy atom. The summed E-state index contributed by atoms with van der Waals surface area (Å²) in [6.45, 7) is 8.17. The third kappa shape index (κ3) is 3.91. The third-order valence-corrected chi connectivity index (χ3v) is 1.18. The number of hydrogen-bond acceptors (Lipinski definition) is 0. The Morgan fingerprint density at radius 1 is 1.50 bits per heavy atom. The monoisotopic (exact) mass is 111 g/mol. The summed E-state index contributed by atoms with van der Waals surface area (Å²) in [5.41, 5.74) is 1.27. The minimum atomic E-state index is 1.10. The van der Waals surface area contributed by atoms with Crippen LogP contribution in [0.1, 0.15) is 33.1 Å². The van der Waals surface area contributed by atoms with Gasteiger partial charge in [0.25, 0.3) is 0 Å². The van der Waals surface area contributed by atoms with Gasteiger partial charge in [0, 0.05) is 0 Å². The first kappa shape index (κ1) is 7.74. The van der Waals surface area contributed by atoms with Crippen molar-refractivity contribution in [3.05, 3.63) is 18.6 Å². The van der Waals surface area contributed by atoms with Gasteiger partial charge in [0.1, 0.15) is 0 Å². The van der Waals surface area contributed by atoms with Gasteiger partial charge < -0.3 is 0 Å². The van der Waals surface area contributed by atoms with Crippen LogP contribution in [0, 0.1) is 6.92 Å². The van der Waals surface area contributed by atoms with Gasteiger partial charge in [0.05, 0.1) is 0 Å². The molecular formula is C8H15. The molecule has 0 aliphatic carbocycles. The van der Waals surface area contributed by atoms with Crippen LogP contribution >= 0.6 is 0 Å². The van der Waals surface area contributed by atoms with Crippen LogP contribution in [0.25, 0.3) is 0 Å². The smallest absolute Gasteiger partial charge is 0.0283 e. The molecule has 0 heterocycles. The van der Waals surface area contributed by atoms with E-state index in [-0.39, 0.29) is 0 Å². The first-order valence-corrected chi connectivity index (χ1v) is 3.32. The van der Waals surface area contributed by atoms with Crippen LogP contribution < -0.4 is 0 Å². The Kier molecular flexibility index (Phi) is 4.73. The maximum Gasteiger partial charge on any atom is -0.0283 e. The first-order chi connectivity index (χ1) is 3.81. The summed E-state index contributed by atoms with van der Waals surface area (Å²) in [4.78, 5) is 0. The van der Waals surface area contributed by atoms with Crippen molar-refractivity contribution >= 4 is 0 Å². The second-order valence-corrected chi connectivity index (χ2v) is 2.00. The Balaban J connectivity index is 3.26. The molecule has 47 valence electrons. The summed E-state index contributed by atoms with van der Waals surface area (Å²) in [6.07, 6.45) is 5.73. The van der Waals surface area contributed by atoms with Crippen LogP contribution in [-0.4, -0.2) is 0 Å². The number of allylic oxidation sites excluding steroid dienone is 2. The van der Waals surface area contributed by atoms with Crippen LogP contribution in [0.5, 0.6) is 0 Å². The van der Waals surface area contributed by atoms with E-state index in [0.29, 0.717) is 0 Å². The number of rotatable bonds is 3. The van der Waals surface area contributed by atoms with E-state index < -0.39 is 0 Å². The largest absolute Gasteiger partial charge is 0.0853 e. The average Bonchev–Trinajstić information content (AvgIpc) is 1.83. The standard InChI is InChI=1S/C8H15/c1-4-6-7-8(3)5-2/h7H,3-6H2,1-2H3/b8-7+. The molecule has 0 nitrogen and oxygen atoms in total. The molecule has 0 saturated carbocycles. The minimum Gasteiger partial charge on any atom is -0.0853 e. The molecule has 0 aromatic heterocycles. The summed E-state index contributed by atoms with van der Waals surface area (Å²) < 4.78 is 0. The van der Waals surface area contributed by atoms with Gasteiger partial charge in [-0.3, -0.25) is 0 Å². The predicted octanol–water partition coefficient (Wildman–Crippen LogP) is 2.96. The fourth-order valence-corrected chi connectivity index (χ4v) is 0.493. The quantitative estimate of drug-likeness (QED) is 0.525. The highest BCUT2D eigenvalue weighted by atomic mass is 13.9. The van der Waals surface area contributed by atoms with Crippen molar-refractivity contribution in [1.29, 1.82) is 0 Å². The molecule has 0 rings (SSSR count). The zero-order valence-corrected chi connectivity index (χ0v) is 5.91. The van der Waals surface area contributed by atoms with Gasteiger partial charge in [0.2, 0.25) is 0 Å². The minimum absolute atomic E-state index is 1.10. The van der Waals surface area contributed by atoms with Gasteiger partial charge in [-0.15, -0.1) is 0 Å². The molecule has 0 unspecified atom stereocenters. The summed E-state index contributed by atoms with van der Waals surface area (Å²) >= 11 is 0. The van der Waals surface area contributed by atoms with Gasteiger partial charge in [-0.05, 0) is 19.8 Å². The summed E-state index contributed by atoms with van der Waals surface area (Å²) in [7, 11) is 0. The maximum absolute atomic E-state index is 3.86. The predicted molar refractivity (Wildman–Crippen MR) is 38.6 cm³/mol. The van der Waals surface area contributed by atoms with Crippen LogP contribution in [0.15, 0.2) is 11.6 Å².